The Labute approximate surface area is 213 Å². The monoisotopic (exact) mass is 461 g/mol. The second-order valence-corrected chi connectivity index (χ2v) is 8.29. The smallest absolute Gasteiger partial charge is 0.545 e. The Kier molecular flexibility index (Phi) is 8.50. The van der Waals surface area contributed by atoms with E-state index in [4.69, 9.17) is 11.6 Å². The largest absolute Gasteiger partial charge is 1.00 e. The van der Waals surface area contributed by atoms with Crippen LogP contribution in [0, 0.1) is 5.82 Å². The molecule has 0 saturated carbocycles. The molecule has 32 heavy (non-hydrogen) atoms. The third-order valence-corrected chi connectivity index (χ3v) is 6.12. The van der Waals surface area contributed by atoms with Gasteiger partial charge in [0.1, 0.15) is 5.82 Å². The third-order valence-electron chi connectivity index (χ3n) is 5.82. The summed E-state index contributed by atoms with van der Waals surface area (Å²) in [6.07, 6.45) is 1.89. The van der Waals surface area contributed by atoms with Crippen LogP contribution >= 0.6 is 11.6 Å². The molecule has 0 bridgehead atoms. The van der Waals surface area contributed by atoms with Gasteiger partial charge in [-0.05, 0) is 64.8 Å². The number of benzene rings is 3. The maximum Gasteiger partial charge on any atom is 1.00 e. The molecular weight excluding hydrogens is 440 g/mol. The number of nitrogens with one attached hydrogen (secondary N) is 1. The van der Waals surface area contributed by atoms with Gasteiger partial charge in [-0.3, -0.25) is 0 Å². The van der Waals surface area contributed by atoms with Crippen LogP contribution in [0.1, 0.15) is 39.6 Å². The molecule has 3 aromatic rings. The van der Waals surface area contributed by atoms with E-state index < -0.39 is 17.9 Å². The summed E-state index contributed by atoms with van der Waals surface area (Å²) in [6.45, 7) is 0.325. The summed E-state index contributed by atoms with van der Waals surface area (Å²) in [6, 6.07) is 17.5. The van der Waals surface area contributed by atoms with Gasteiger partial charge in [0, 0.05) is 12.6 Å². The minimum Gasteiger partial charge on any atom is -0.545 e. The van der Waals surface area contributed by atoms with Gasteiger partial charge < -0.3 is 20.3 Å². The van der Waals surface area contributed by atoms with Crippen LogP contribution in [0.25, 0.3) is 11.1 Å². The number of fused-ring (bicyclic) bond motifs is 1. The standard InChI is InChI=1S/C25H23ClFNO3.Na/c26-22-10-8-19(13-23(22)27)24(29)14-28-21-9-7-16-3-6-18(11-20(16)12-21)15-1-4-17(5-2-15)25(30)31;/h1-6,8,10-11,13,21,24,28-29H,7,9,12,14H2,(H,30,31);/q;+1/p-1/t21-,24-;/m0./s1. The summed E-state index contributed by atoms with van der Waals surface area (Å²) in [4.78, 5) is 10.9. The molecule has 0 amide bonds. The molecule has 0 spiro atoms. The van der Waals surface area contributed by atoms with E-state index in [-0.39, 0.29) is 46.2 Å². The van der Waals surface area contributed by atoms with E-state index in [0.29, 0.717) is 12.1 Å². The first-order valence-corrected chi connectivity index (χ1v) is 10.6. The molecule has 0 heterocycles. The zero-order valence-electron chi connectivity index (χ0n) is 17.8. The summed E-state index contributed by atoms with van der Waals surface area (Å²) in [5.41, 5.74) is 5.16. The van der Waals surface area contributed by atoms with Crippen LogP contribution < -0.4 is 40.0 Å². The first-order chi connectivity index (χ1) is 14.9. The molecular formula is C25H22ClFNNaO3. The zero-order valence-corrected chi connectivity index (χ0v) is 20.5. The van der Waals surface area contributed by atoms with E-state index in [0.717, 1.165) is 30.4 Å². The first kappa shape index (κ1) is 24.9. The number of carboxylic acids is 1. The molecule has 0 aromatic heterocycles. The molecule has 3 aromatic carbocycles. The second-order valence-electron chi connectivity index (χ2n) is 7.89. The molecule has 1 aliphatic carbocycles. The molecule has 1 aliphatic rings. The number of carboxylic acid groups (broad SMARTS) is 1. The Hall–Kier alpha value is -1.73. The Morgan fingerprint density at radius 3 is 2.50 bits per heavy atom. The first-order valence-electron chi connectivity index (χ1n) is 10.2. The van der Waals surface area contributed by atoms with Gasteiger partial charge in [0.15, 0.2) is 0 Å². The van der Waals surface area contributed by atoms with Gasteiger partial charge in [-0.2, -0.15) is 0 Å². The van der Waals surface area contributed by atoms with Gasteiger partial charge >= 0.3 is 29.6 Å². The Morgan fingerprint density at radius 2 is 1.81 bits per heavy atom. The van der Waals surface area contributed by atoms with Crippen LogP contribution in [0.5, 0.6) is 0 Å². The topological polar surface area (TPSA) is 72.4 Å². The van der Waals surface area contributed by atoms with Gasteiger partial charge in [-0.25, -0.2) is 4.39 Å². The molecule has 0 saturated heterocycles. The van der Waals surface area contributed by atoms with Crippen LogP contribution in [0.2, 0.25) is 5.02 Å². The number of aliphatic hydroxyl groups is 1. The number of rotatable bonds is 6. The fourth-order valence-corrected chi connectivity index (χ4v) is 4.14. The van der Waals surface area contributed by atoms with E-state index >= 15 is 0 Å². The van der Waals surface area contributed by atoms with E-state index in [2.05, 4.69) is 23.5 Å². The number of hydrogen-bond acceptors (Lipinski definition) is 4. The number of hydrogen-bond donors (Lipinski definition) is 2. The van der Waals surface area contributed by atoms with Gasteiger partial charge in [-0.1, -0.05) is 60.1 Å². The van der Waals surface area contributed by atoms with Crippen LogP contribution in [0.15, 0.2) is 60.7 Å². The zero-order chi connectivity index (χ0) is 22.0. The average molecular weight is 462 g/mol. The molecule has 7 heteroatoms. The SMILES string of the molecule is O=C([O-])c1ccc(-c2ccc3c(c2)C[C@@H](NC[C@H](O)c2ccc(Cl)c(F)c2)CC3)cc1.[Na+]. The molecule has 0 unspecified atom stereocenters. The fraction of sp³-hybridized carbons (Fsp3) is 0.240. The van der Waals surface area contributed by atoms with E-state index in [1.165, 1.54) is 23.3 Å². The Bertz CT molecular complexity index is 1110. The van der Waals surface area contributed by atoms with Gasteiger partial charge in [0.2, 0.25) is 0 Å². The summed E-state index contributed by atoms with van der Waals surface area (Å²) in [5.74, 6) is -1.72. The van der Waals surface area contributed by atoms with Crippen LogP contribution in [-0.4, -0.2) is 23.7 Å². The van der Waals surface area contributed by atoms with Crippen molar-refractivity contribution in [2.24, 2.45) is 0 Å². The van der Waals surface area contributed by atoms with Gasteiger partial charge in [0.05, 0.1) is 17.1 Å². The summed E-state index contributed by atoms with van der Waals surface area (Å²) in [7, 11) is 0. The predicted octanol–water partition coefficient (Wildman–Crippen LogP) is 0.694. The van der Waals surface area contributed by atoms with Gasteiger partial charge in [0.25, 0.3) is 0 Å². The van der Waals surface area contributed by atoms with Crippen LogP contribution in [0.3, 0.4) is 0 Å². The van der Waals surface area contributed by atoms with Gasteiger partial charge in [-0.15, -0.1) is 0 Å². The molecule has 0 fully saturated rings. The van der Waals surface area contributed by atoms with Crippen molar-refractivity contribution in [3.63, 3.8) is 0 Å². The minimum atomic E-state index is -1.19. The number of carbonyl (C=O) groups excluding carboxylic acids is 1. The number of carbonyl (C=O) groups is 1. The van der Waals surface area contributed by atoms with Crippen molar-refractivity contribution in [3.05, 3.63) is 93.8 Å². The van der Waals surface area contributed by atoms with Crippen molar-refractivity contribution in [2.45, 2.75) is 31.4 Å². The molecule has 4 rings (SSSR count). The fourth-order valence-electron chi connectivity index (χ4n) is 4.03. The Balaban J connectivity index is 0.00000289. The van der Waals surface area contributed by atoms with Crippen LogP contribution in [0.4, 0.5) is 4.39 Å². The number of aromatic carboxylic acids is 1. The quantitative estimate of drug-likeness (QED) is 0.530. The van der Waals surface area contributed by atoms with Crippen molar-refractivity contribution >= 4 is 17.6 Å². The van der Waals surface area contributed by atoms with Crippen LogP contribution in [-0.2, 0) is 12.8 Å². The maximum atomic E-state index is 13.6. The number of aryl methyl sites for hydroxylation is 1. The summed E-state index contributed by atoms with van der Waals surface area (Å²) < 4.78 is 13.6. The van der Waals surface area contributed by atoms with E-state index in [9.17, 15) is 19.4 Å². The predicted molar refractivity (Wildman–Crippen MR) is 116 cm³/mol. The number of halogens is 2. The second kappa shape index (κ2) is 10.9. The maximum absolute atomic E-state index is 13.6. The molecule has 4 nitrogen and oxygen atoms in total. The minimum absolute atomic E-state index is 0. The Morgan fingerprint density at radius 1 is 1.09 bits per heavy atom. The van der Waals surface area contributed by atoms with E-state index in [1.54, 1.807) is 30.3 Å². The van der Waals surface area contributed by atoms with Crippen molar-refractivity contribution in [2.75, 3.05) is 6.54 Å². The van der Waals surface area contributed by atoms with Crippen molar-refractivity contribution in [1.82, 2.24) is 5.32 Å². The molecule has 2 N–H and O–H groups in total. The molecule has 0 aliphatic heterocycles. The summed E-state index contributed by atoms with van der Waals surface area (Å²) in [5, 5.41) is 24.8. The van der Waals surface area contributed by atoms with Crippen molar-refractivity contribution in [1.29, 1.82) is 0 Å². The number of aliphatic hydroxyl groups excluding tert-OH is 1. The third kappa shape index (κ3) is 5.79. The van der Waals surface area contributed by atoms with Crippen molar-refractivity contribution < 1.29 is 49.0 Å². The van der Waals surface area contributed by atoms with Crippen molar-refractivity contribution in [3.8, 4) is 11.1 Å². The normalized spacial score (nSPS) is 16.0. The summed E-state index contributed by atoms with van der Waals surface area (Å²) >= 11 is 5.71. The average Bonchev–Trinajstić information content (AvgIpc) is 2.78. The van der Waals surface area contributed by atoms with E-state index in [1.807, 2.05) is 0 Å². The molecule has 0 radical (unpaired) electrons. The molecule has 160 valence electrons. The molecule has 2 atom stereocenters.